The summed E-state index contributed by atoms with van der Waals surface area (Å²) in [6.45, 7) is 5.99. The Kier molecular flexibility index (Phi) is 5.27. The second kappa shape index (κ2) is 7.06. The Bertz CT molecular complexity index is 557. The van der Waals surface area contributed by atoms with E-state index in [1.165, 1.54) is 32.1 Å². The highest BCUT2D eigenvalue weighted by molar-refractivity contribution is 8.01. The maximum atomic E-state index is 13.0. The van der Waals surface area contributed by atoms with Crippen LogP contribution in [-0.4, -0.2) is 28.6 Å². The fourth-order valence-corrected chi connectivity index (χ4v) is 5.21. The maximum absolute atomic E-state index is 13.0. The zero-order chi connectivity index (χ0) is 16.4. The molecule has 2 fully saturated rings. The van der Waals surface area contributed by atoms with Gasteiger partial charge in [0.05, 0.1) is 4.75 Å². The summed E-state index contributed by atoms with van der Waals surface area (Å²) >= 11 is 7.58. The van der Waals surface area contributed by atoms with Gasteiger partial charge in [-0.2, -0.15) is 0 Å². The minimum absolute atomic E-state index is 0.279. The lowest BCUT2D eigenvalue weighted by molar-refractivity contribution is -0.136. The van der Waals surface area contributed by atoms with Crippen LogP contribution in [0.1, 0.15) is 46.0 Å². The molecular weight excluding hydrogens is 326 g/mol. The molecule has 1 heterocycles. The summed E-state index contributed by atoms with van der Waals surface area (Å²) in [4.78, 5) is 16.3. The number of nitrogens with zero attached hydrogens (tertiary/aromatic N) is 1. The molecule has 0 N–H and O–H groups in total. The molecule has 1 aromatic carbocycles. The van der Waals surface area contributed by atoms with Gasteiger partial charge in [-0.3, -0.25) is 4.79 Å². The van der Waals surface area contributed by atoms with Gasteiger partial charge in [-0.05, 0) is 62.8 Å². The van der Waals surface area contributed by atoms with Crippen molar-refractivity contribution in [3.05, 3.63) is 29.3 Å². The number of carbonyl (C=O) groups excluding carboxylic acids is 1. The molecule has 4 heteroatoms. The Morgan fingerprint density at radius 3 is 2.48 bits per heavy atom. The van der Waals surface area contributed by atoms with Crippen LogP contribution in [0.2, 0.25) is 5.02 Å². The van der Waals surface area contributed by atoms with E-state index in [1.807, 2.05) is 38.1 Å². The predicted molar refractivity (Wildman–Crippen MR) is 98.0 cm³/mol. The molecule has 3 rings (SSSR count). The van der Waals surface area contributed by atoms with Crippen LogP contribution in [0, 0.1) is 11.8 Å². The van der Waals surface area contributed by atoms with E-state index in [4.69, 9.17) is 11.6 Å². The maximum Gasteiger partial charge on any atom is 0.238 e. The molecule has 1 aliphatic carbocycles. The van der Waals surface area contributed by atoms with Crippen molar-refractivity contribution in [2.75, 3.05) is 13.1 Å². The van der Waals surface area contributed by atoms with Crippen LogP contribution in [0.5, 0.6) is 0 Å². The molecule has 0 radical (unpaired) electrons. The summed E-state index contributed by atoms with van der Waals surface area (Å²) in [5.74, 6) is 1.87. The van der Waals surface area contributed by atoms with E-state index in [9.17, 15) is 4.79 Å². The zero-order valence-electron chi connectivity index (χ0n) is 14.1. The Hall–Kier alpha value is -0.670. The second-order valence-corrected chi connectivity index (χ2v) is 9.54. The van der Waals surface area contributed by atoms with E-state index < -0.39 is 4.75 Å². The number of benzene rings is 1. The van der Waals surface area contributed by atoms with Gasteiger partial charge in [0.15, 0.2) is 0 Å². The lowest BCUT2D eigenvalue weighted by atomic mass is 9.75. The van der Waals surface area contributed by atoms with Crippen molar-refractivity contribution in [3.63, 3.8) is 0 Å². The van der Waals surface area contributed by atoms with E-state index in [0.717, 1.165) is 34.8 Å². The van der Waals surface area contributed by atoms with Crippen LogP contribution >= 0.6 is 23.4 Å². The molecule has 1 aliphatic heterocycles. The molecule has 0 spiro atoms. The number of piperidine rings is 1. The fourth-order valence-electron chi connectivity index (χ4n) is 4.01. The van der Waals surface area contributed by atoms with Crippen molar-refractivity contribution in [2.24, 2.45) is 11.8 Å². The number of amides is 1. The first-order chi connectivity index (χ1) is 11.0. The summed E-state index contributed by atoms with van der Waals surface area (Å²) in [5, 5.41) is 0.734. The van der Waals surface area contributed by atoms with E-state index in [0.29, 0.717) is 0 Å². The van der Waals surface area contributed by atoms with E-state index >= 15 is 0 Å². The van der Waals surface area contributed by atoms with Gasteiger partial charge in [-0.25, -0.2) is 0 Å². The molecule has 0 unspecified atom stereocenters. The summed E-state index contributed by atoms with van der Waals surface area (Å²) in [5.41, 5.74) is 0. The van der Waals surface area contributed by atoms with Crippen molar-refractivity contribution in [1.29, 1.82) is 0 Å². The fraction of sp³-hybridized carbons (Fsp3) is 0.632. The Morgan fingerprint density at radius 2 is 1.78 bits per heavy atom. The van der Waals surface area contributed by atoms with E-state index in [2.05, 4.69) is 4.90 Å². The lowest BCUT2D eigenvalue weighted by Crippen LogP contribution is -2.50. The van der Waals surface area contributed by atoms with Crippen molar-refractivity contribution in [2.45, 2.75) is 55.6 Å². The standard InChI is InChI=1S/C19H26ClNOS/c1-19(2,23-17-9-7-16(20)8-10-17)18(22)21-12-11-14-5-3-4-6-15(14)13-21/h7-10,14-15H,3-6,11-13H2,1-2H3/t14-,15-/m1/s1. The van der Waals surface area contributed by atoms with E-state index in [-0.39, 0.29) is 5.91 Å². The zero-order valence-corrected chi connectivity index (χ0v) is 15.6. The molecule has 1 saturated heterocycles. The lowest BCUT2D eigenvalue weighted by Gasteiger charge is -2.43. The van der Waals surface area contributed by atoms with Gasteiger partial charge in [0.25, 0.3) is 0 Å². The largest absolute Gasteiger partial charge is 0.341 e. The molecule has 126 valence electrons. The Labute approximate surface area is 149 Å². The Morgan fingerprint density at radius 1 is 1.13 bits per heavy atom. The second-order valence-electron chi connectivity index (χ2n) is 7.41. The van der Waals surface area contributed by atoms with Crippen molar-refractivity contribution in [1.82, 2.24) is 4.90 Å². The first-order valence-electron chi connectivity index (χ1n) is 8.70. The van der Waals surface area contributed by atoms with Crippen molar-refractivity contribution >= 4 is 29.3 Å². The smallest absolute Gasteiger partial charge is 0.238 e. The number of rotatable bonds is 3. The van der Waals surface area contributed by atoms with Crippen LogP contribution in [0.25, 0.3) is 0 Å². The third-order valence-corrected chi connectivity index (χ3v) is 6.72. The number of hydrogen-bond acceptors (Lipinski definition) is 2. The Balaban J connectivity index is 1.64. The number of hydrogen-bond donors (Lipinski definition) is 0. The quantitative estimate of drug-likeness (QED) is 0.693. The molecule has 0 bridgehead atoms. The molecule has 1 aromatic rings. The first kappa shape index (κ1) is 17.2. The number of halogens is 1. The van der Waals surface area contributed by atoms with E-state index in [1.54, 1.807) is 11.8 Å². The normalized spacial score (nSPS) is 25.1. The highest BCUT2D eigenvalue weighted by Gasteiger charge is 2.38. The average Bonchev–Trinajstić information content (AvgIpc) is 2.55. The molecular formula is C19H26ClNOS. The predicted octanol–water partition coefficient (Wildman–Crippen LogP) is 5.25. The molecule has 2 atom stereocenters. The summed E-state index contributed by atoms with van der Waals surface area (Å²) in [7, 11) is 0. The van der Waals surface area contributed by atoms with Crippen LogP contribution in [0.15, 0.2) is 29.2 Å². The van der Waals surface area contributed by atoms with Gasteiger partial charge in [0, 0.05) is 23.0 Å². The van der Waals surface area contributed by atoms with Crippen LogP contribution < -0.4 is 0 Å². The van der Waals surface area contributed by atoms with Gasteiger partial charge in [0.1, 0.15) is 0 Å². The number of carbonyl (C=O) groups is 1. The monoisotopic (exact) mass is 351 g/mol. The summed E-state index contributed by atoms with van der Waals surface area (Å²) in [6, 6.07) is 7.76. The van der Waals surface area contributed by atoms with Crippen LogP contribution in [0.3, 0.4) is 0 Å². The first-order valence-corrected chi connectivity index (χ1v) is 9.89. The average molecular weight is 352 g/mol. The summed E-state index contributed by atoms with van der Waals surface area (Å²) < 4.78 is -0.435. The van der Waals surface area contributed by atoms with Gasteiger partial charge in [0.2, 0.25) is 5.91 Å². The topological polar surface area (TPSA) is 20.3 Å². The number of thioether (sulfide) groups is 1. The van der Waals surface area contributed by atoms with Gasteiger partial charge in [-0.15, -0.1) is 11.8 Å². The van der Waals surface area contributed by atoms with Gasteiger partial charge >= 0.3 is 0 Å². The number of likely N-dealkylation sites (tertiary alicyclic amines) is 1. The molecule has 23 heavy (non-hydrogen) atoms. The molecule has 1 amide bonds. The van der Waals surface area contributed by atoms with Crippen LogP contribution in [0.4, 0.5) is 0 Å². The SMILES string of the molecule is CC(C)(Sc1ccc(Cl)cc1)C(=O)N1CC[C@H]2CCCC[C@@H]2C1. The third kappa shape index (κ3) is 4.06. The van der Waals surface area contributed by atoms with Crippen LogP contribution in [-0.2, 0) is 4.79 Å². The van der Waals surface area contributed by atoms with Gasteiger partial charge < -0.3 is 4.90 Å². The highest BCUT2D eigenvalue weighted by atomic mass is 35.5. The minimum atomic E-state index is -0.435. The molecule has 2 nitrogen and oxygen atoms in total. The molecule has 1 saturated carbocycles. The molecule has 0 aromatic heterocycles. The summed E-state index contributed by atoms with van der Waals surface area (Å²) in [6.07, 6.45) is 6.59. The third-order valence-electron chi connectivity index (χ3n) is 5.28. The van der Waals surface area contributed by atoms with Crippen molar-refractivity contribution in [3.8, 4) is 0 Å². The highest BCUT2D eigenvalue weighted by Crippen LogP contribution is 2.39. The number of fused-ring (bicyclic) bond motifs is 1. The van der Waals surface area contributed by atoms with Gasteiger partial charge in [-0.1, -0.05) is 30.9 Å². The minimum Gasteiger partial charge on any atom is -0.341 e. The molecule has 2 aliphatic rings. The van der Waals surface area contributed by atoms with Crippen molar-refractivity contribution < 1.29 is 4.79 Å².